The smallest absolute Gasteiger partial charge is 0.0661 e. The third-order valence-electron chi connectivity index (χ3n) is 1.32. The van der Waals surface area contributed by atoms with Gasteiger partial charge in [-0.1, -0.05) is 15.3 Å². The summed E-state index contributed by atoms with van der Waals surface area (Å²) in [4.78, 5) is 0. The van der Waals surface area contributed by atoms with E-state index < -0.39 is 10.8 Å². The Kier molecular flexibility index (Phi) is 1.22. The summed E-state index contributed by atoms with van der Waals surface area (Å²) < 4.78 is 19.7. The van der Waals surface area contributed by atoms with E-state index in [9.17, 15) is 9.11 Å². The van der Waals surface area contributed by atoms with Crippen LogP contribution >= 0.6 is 10.8 Å². The molecule has 11 heavy (non-hydrogen) atoms. The number of hydrazone groups is 1. The molecule has 0 spiro atoms. The molecule has 0 saturated heterocycles. The van der Waals surface area contributed by atoms with E-state index >= 15 is 0 Å². The summed E-state index contributed by atoms with van der Waals surface area (Å²) in [6.07, 6.45) is 6.45. The Morgan fingerprint density at radius 1 is 1.27 bits per heavy atom. The second-order valence-electron chi connectivity index (χ2n) is 2.09. The molecule has 2 aliphatic rings. The van der Waals surface area contributed by atoms with Crippen LogP contribution in [0.3, 0.4) is 0 Å². The molecule has 0 fully saturated rings. The molecule has 0 aliphatic carbocycles. The number of hydrogen-bond donors (Lipinski definition) is 2. The molecule has 2 rings (SSSR count). The zero-order chi connectivity index (χ0) is 7.90. The number of fused-ring (bicyclic) bond motifs is 1. The highest BCUT2D eigenvalue weighted by Gasteiger charge is 2.28. The van der Waals surface area contributed by atoms with Gasteiger partial charge in [-0.25, -0.2) is 5.01 Å². The van der Waals surface area contributed by atoms with E-state index in [0.29, 0.717) is 0 Å². The predicted molar refractivity (Wildman–Crippen MR) is 43.3 cm³/mol. The van der Waals surface area contributed by atoms with Crippen molar-refractivity contribution in [2.75, 3.05) is 0 Å². The first-order valence-corrected chi connectivity index (χ1v) is 4.52. The standard InChI is InChI=1S/C5H7N3O2S/c9-11(10)5-4-7-3-1-2-6-8(7)11/h1-5,9-10H. The second-order valence-corrected chi connectivity index (χ2v) is 3.81. The Morgan fingerprint density at radius 3 is 2.82 bits per heavy atom. The van der Waals surface area contributed by atoms with Crippen LogP contribution in [0, 0.1) is 0 Å². The van der Waals surface area contributed by atoms with Crippen molar-refractivity contribution >= 4 is 17.0 Å². The second kappa shape index (κ2) is 2.00. The van der Waals surface area contributed by atoms with Gasteiger partial charge in [0.2, 0.25) is 0 Å². The van der Waals surface area contributed by atoms with Gasteiger partial charge in [0, 0.05) is 12.4 Å². The van der Waals surface area contributed by atoms with Gasteiger partial charge in [-0.2, -0.15) is 0 Å². The van der Waals surface area contributed by atoms with Crippen LogP contribution in [0.2, 0.25) is 0 Å². The molecule has 0 aromatic carbocycles. The molecule has 2 heterocycles. The molecule has 0 aromatic heterocycles. The third kappa shape index (κ3) is 0.917. The van der Waals surface area contributed by atoms with E-state index in [4.69, 9.17) is 0 Å². The molecule has 5 nitrogen and oxygen atoms in total. The van der Waals surface area contributed by atoms with Crippen molar-refractivity contribution in [2.24, 2.45) is 5.10 Å². The highest BCUT2D eigenvalue weighted by Crippen LogP contribution is 2.50. The monoisotopic (exact) mass is 173 g/mol. The number of hydrazine groups is 1. The fourth-order valence-electron chi connectivity index (χ4n) is 0.852. The zero-order valence-electron chi connectivity index (χ0n) is 5.53. The molecule has 0 saturated carbocycles. The van der Waals surface area contributed by atoms with E-state index in [1.165, 1.54) is 16.6 Å². The van der Waals surface area contributed by atoms with Gasteiger partial charge in [0.05, 0.1) is 11.6 Å². The SMILES string of the molecule is OS1(O)C=CN2C=CC=NN21. The molecule has 0 bridgehead atoms. The van der Waals surface area contributed by atoms with E-state index in [0.717, 1.165) is 4.52 Å². The maximum Gasteiger partial charge on any atom is 0.0661 e. The first-order valence-electron chi connectivity index (χ1n) is 2.96. The predicted octanol–water partition coefficient (Wildman–Crippen LogP) is 1.17. The highest BCUT2D eigenvalue weighted by molar-refractivity contribution is 8.24. The Labute approximate surface area is 65.4 Å². The van der Waals surface area contributed by atoms with Gasteiger partial charge in [-0.05, 0) is 6.08 Å². The Morgan fingerprint density at radius 2 is 2.09 bits per heavy atom. The van der Waals surface area contributed by atoms with Crippen LogP contribution in [0.4, 0.5) is 0 Å². The Bertz CT molecular complexity index is 260. The van der Waals surface area contributed by atoms with Crippen LogP contribution in [0.15, 0.2) is 29.0 Å². The van der Waals surface area contributed by atoms with Crippen LogP contribution in [-0.2, 0) is 0 Å². The molecular weight excluding hydrogens is 166 g/mol. The molecule has 0 unspecified atom stereocenters. The molecule has 2 aliphatic heterocycles. The normalized spacial score (nSPS) is 27.5. The first kappa shape index (κ1) is 6.71. The van der Waals surface area contributed by atoms with Crippen LogP contribution in [-0.4, -0.2) is 24.9 Å². The molecular formula is C5H7N3O2S. The quantitative estimate of drug-likeness (QED) is 0.577. The zero-order valence-corrected chi connectivity index (χ0v) is 6.35. The van der Waals surface area contributed by atoms with Crippen molar-refractivity contribution in [1.82, 2.24) is 9.53 Å². The average molecular weight is 173 g/mol. The Hall–Kier alpha value is -0.980. The van der Waals surface area contributed by atoms with Gasteiger partial charge < -0.3 is 0 Å². The highest BCUT2D eigenvalue weighted by atomic mass is 32.3. The van der Waals surface area contributed by atoms with Crippen molar-refractivity contribution in [2.45, 2.75) is 0 Å². The van der Waals surface area contributed by atoms with Crippen LogP contribution < -0.4 is 0 Å². The van der Waals surface area contributed by atoms with Crippen molar-refractivity contribution in [3.05, 3.63) is 23.9 Å². The Balaban J connectivity index is 2.32. The van der Waals surface area contributed by atoms with E-state index in [1.807, 2.05) is 0 Å². The summed E-state index contributed by atoms with van der Waals surface area (Å²) in [5.41, 5.74) is 0. The van der Waals surface area contributed by atoms with E-state index in [2.05, 4.69) is 5.10 Å². The minimum Gasteiger partial charge on any atom is -0.275 e. The largest absolute Gasteiger partial charge is 0.275 e. The fraction of sp³-hybridized carbons (Fsp3) is 0. The molecule has 0 amide bonds. The lowest BCUT2D eigenvalue weighted by Gasteiger charge is -2.36. The van der Waals surface area contributed by atoms with Crippen molar-refractivity contribution in [3.63, 3.8) is 0 Å². The lowest BCUT2D eigenvalue weighted by Crippen LogP contribution is -2.29. The van der Waals surface area contributed by atoms with Crippen LogP contribution in [0.25, 0.3) is 0 Å². The molecule has 2 N–H and O–H groups in total. The summed E-state index contributed by atoms with van der Waals surface area (Å²) in [7, 11) is -2.82. The van der Waals surface area contributed by atoms with Gasteiger partial charge in [-0.3, -0.25) is 9.11 Å². The summed E-state index contributed by atoms with van der Waals surface area (Å²) in [6.45, 7) is 0. The maximum absolute atomic E-state index is 9.28. The van der Waals surface area contributed by atoms with Crippen molar-refractivity contribution in [3.8, 4) is 0 Å². The van der Waals surface area contributed by atoms with Crippen molar-refractivity contribution in [1.29, 1.82) is 0 Å². The molecule has 0 radical (unpaired) electrons. The summed E-state index contributed by atoms with van der Waals surface area (Å²) in [5, 5.41) is 6.59. The lowest BCUT2D eigenvalue weighted by atomic mass is 10.6. The number of rotatable bonds is 0. The number of nitrogens with zero attached hydrogens (tertiary/aromatic N) is 3. The van der Waals surface area contributed by atoms with Crippen LogP contribution in [0.1, 0.15) is 0 Å². The van der Waals surface area contributed by atoms with Gasteiger partial charge in [-0.15, -0.1) is 5.10 Å². The fourth-order valence-corrected chi connectivity index (χ4v) is 1.83. The third-order valence-corrected chi connectivity index (χ3v) is 2.57. The summed E-state index contributed by atoms with van der Waals surface area (Å²) >= 11 is 0. The van der Waals surface area contributed by atoms with Gasteiger partial charge in [0.15, 0.2) is 0 Å². The lowest BCUT2D eigenvalue weighted by molar-refractivity contribution is 0.178. The molecule has 60 valence electrons. The van der Waals surface area contributed by atoms with Gasteiger partial charge in [0.25, 0.3) is 0 Å². The molecule has 0 aromatic rings. The number of allylic oxidation sites excluding steroid dienone is 1. The van der Waals surface area contributed by atoms with Crippen molar-refractivity contribution < 1.29 is 9.11 Å². The van der Waals surface area contributed by atoms with Gasteiger partial charge >= 0.3 is 0 Å². The summed E-state index contributed by atoms with van der Waals surface area (Å²) in [5.74, 6) is 0. The minimum atomic E-state index is -2.82. The van der Waals surface area contributed by atoms with Gasteiger partial charge in [0.1, 0.15) is 0 Å². The van der Waals surface area contributed by atoms with E-state index in [-0.39, 0.29) is 0 Å². The summed E-state index contributed by atoms with van der Waals surface area (Å²) in [6, 6.07) is 0. The molecule has 0 atom stereocenters. The van der Waals surface area contributed by atoms with E-state index in [1.54, 1.807) is 18.5 Å². The topological polar surface area (TPSA) is 59.3 Å². The average Bonchev–Trinajstić information content (AvgIpc) is 2.29. The molecule has 6 heteroatoms. The van der Waals surface area contributed by atoms with Crippen LogP contribution in [0.5, 0.6) is 0 Å². The first-order chi connectivity index (χ1) is 5.20. The maximum atomic E-state index is 9.28. The number of hydrogen-bond acceptors (Lipinski definition) is 5. The minimum absolute atomic E-state index is 1.13.